The van der Waals surface area contributed by atoms with Crippen LogP contribution in [0.4, 0.5) is 4.79 Å². The summed E-state index contributed by atoms with van der Waals surface area (Å²) in [7, 11) is 1.23. The molecule has 8 heteroatoms. The fraction of sp³-hybridized carbons (Fsp3) is 0.727. The van der Waals surface area contributed by atoms with Gasteiger partial charge in [0, 0.05) is 6.54 Å². The van der Waals surface area contributed by atoms with Gasteiger partial charge in [-0.3, -0.25) is 4.79 Å². The second kappa shape index (κ2) is 6.93. The molecule has 108 valence electrons. The maximum atomic E-state index is 12.0. The minimum Gasteiger partial charge on any atom is -0.481 e. The van der Waals surface area contributed by atoms with Gasteiger partial charge >= 0.3 is 18.0 Å². The third-order valence-corrected chi connectivity index (χ3v) is 2.79. The van der Waals surface area contributed by atoms with Crippen molar-refractivity contribution in [1.82, 2.24) is 10.2 Å². The lowest BCUT2D eigenvalue weighted by atomic mass is 10.1. The van der Waals surface area contributed by atoms with Crippen molar-refractivity contribution in [2.24, 2.45) is 0 Å². The minimum atomic E-state index is -1.01. The quantitative estimate of drug-likeness (QED) is 0.665. The number of aliphatic carboxylic acids is 1. The molecule has 0 aliphatic carbocycles. The first-order valence-electron chi connectivity index (χ1n) is 5.90. The minimum absolute atomic E-state index is 0.173. The van der Waals surface area contributed by atoms with Crippen molar-refractivity contribution < 1.29 is 29.0 Å². The largest absolute Gasteiger partial charge is 0.481 e. The molecule has 0 saturated carbocycles. The number of amides is 2. The summed E-state index contributed by atoms with van der Waals surface area (Å²) in [5.74, 6) is -1.56. The third-order valence-electron chi connectivity index (χ3n) is 2.79. The van der Waals surface area contributed by atoms with E-state index in [0.29, 0.717) is 6.61 Å². The first kappa shape index (κ1) is 15.2. The van der Waals surface area contributed by atoms with Crippen molar-refractivity contribution in [3.05, 3.63) is 0 Å². The normalized spacial score (nSPS) is 20.5. The molecule has 0 aromatic rings. The van der Waals surface area contributed by atoms with Crippen molar-refractivity contribution in [3.8, 4) is 0 Å². The molecule has 1 heterocycles. The van der Waals surface area contributed by atoms with E-state index in [0.717, 1.165) is 0 Å². The molecule has 2 unspecified atom stereocenters. The van der Waals surface area contributed by atoms with Gasteiger partial charge in [-0.15, -0.1) is 0 Å². The zero-order chi connectivity index (χ0) is 14.4. The Morgan fingerprint density at radius 3 is 2.79 bits per heavy atom. The predicted molar refractivity (Wildman–Crippen MR) is 63.6 cm³/mol. The molecule has 1 rings (SSSR count). The standard InChI is InChI=1S/C11H18N2O6/c1-7(10(16)18-2)12-11(17)13-3-4-19-6-8(13)5-9(14)15/h7-8H,3-6H2,1-2H3,(H,12,17)(H,14,15). The van der Waals surface area contributed by atoms with Gasteiger partial charge in [0.1, 0.15) is 6.04 Å². The van der Waals surface area contributed by atoms with Crippen LogP contribution in [0.15, 0.2) is 0 Å². The molecule has 8 nitrogen and oxygen atoms in total. The van der Waals surface area contributed by atoms with E-state index in [-0.39, 0.29) is 19.6 Å². The van der Waals surface area contributed by atoms with Gasteiger partial charge in [-0.1, -0.05) is 0 Å². The second-order valence-electron chi connectivity index (χ2n) is 4.21. The molecule has 2 atom stereocenters. The summed E-state index contributed by atoms with van der Waals surface area (Å²) in [5.41, 5.74) is 0. The second-order valence-corrected chi connectivity index (χ2v) is 4.21. The van der Waals surface area contributed by atoms with Gasteiger partial charge in [-0.25, -0.2) is 9.59 Å². The Morgan fingerprint density at radius 2 is 2.21 bits per heavy atom. The van der Waals surface area contributed by atoms with E-state index in [1.165, 1.54) is 18.9 Å². The monoisotopic (exact) mass is 274 g/mol. The van der Waals surface area contributed by atoms with E-state index >= 15 is 0 Å². The highest BCUT2D eigenvalue weighted by Crippen LogP contribution is 2.11. The van der Waals surface area contributed by atoms with Crippen LogP contribution in [0.3, 0.4) is 0 Å². The van der Waals surface area contributed by atoms with E-state index < -0.39 is 30.1 Å². The Kier molecular flexibility index (Phi) is 5.56. The molecule has 1 aliphatic rings. The molecule has 19 heavy (non-hydrogen) atoms. The number of morpholine rings is 1. The maximum absolute atomic E-state index is 12.0. The van der Waals surface area contributed by atoms with Crippen LogP contribution in [0.2, 0.25) is 0 Å². The summed E-state index contributed by atoms with van der Waals surface area (Å²) < 4.78 is 9.66. The number of hydrogen-bond acceptors (Lipinski definition) is 5. The molecule has 1 saturated heterocycles. The van der Waals surface area contributed by atoms with Crippen molar-refractivity contribution in [2.45, 2.75) is 25.4 Å². The zero-order valence-electron chi connectivity index (χ0n) is 10.9. The lowest BCUT2D eigenvalue weighted by Gasteiger charge is -2.35. The summed E-state index contributed by atoms with van der Waals surface area (Å²) in [5, 5.41) is 11.3. The number of nitrogens with zero attached hydrogens (tertiary/aromatic N) is 1. The highest BCUT2D eigenvalue weighted by Gasteiger charge is 2.30. The van der Waals surface area contributed by atoms with E-state index in [1.54, 1.807) is 0 Å². The Bertz CT molecular complexity index is 359. The Labute approximate surface area is 110 Å². The molecule has 1 fully saturated rings. The van der Waals surface area contributed by atoms with Gasteiger partial charge in [0.25, 0.3) is 0 Å². The summed E-state index contributed by atoms with van der Waals surface area (Å²) in [6, 6.07) is -1.81. The molecule has 2 amide bonds. The van der Waals surface area contributed by atoms with Crippen LogP contribution in [0.25, 0.3) is 0 Å². The van der Waals surface area contributed by atoms with Crippen LogP contribution in [-0.2, 0) is 19.1 Å². The van der Waals surface area contributed by atoms with Crippen LogP contribution in [0.5, 0.6) is 0 Å². The van der Waals surface area contributed by atoms with Crippen molar-refractivity contribution in [3.63, 3.8) is 0 Å². The molecular weight excluding hydrogens is 256 g/mol. The molecule has 0 bridgehead atoms. The summed E-state index contributed by atoms with van der Waals surface area (Å²) in [4.78, 5) is 35.3. The first-order chi connectivity index (χ1) is 8.95. The number of esters is 1. The van der Waals surface area contributed by atoms with Gasteiger partial charge in [-0.05, 0) is 6.92 Å². The van der Waals surface area contributed by atoms with E-state index in [1.807, 2.05) is 0 Å². The summed E-state index contributed by atoms with van der Waals surface area (Å²) in [6.07, 6.45) is -0.194. The zero-order valence-corrected chi connectivity index (χ0v) is 10.9. The van der Waals surface area contributed by atoms with Gasteiger partial charge in [-0.2, -0.15) is 0 Å². The lowest BCUT2D eigenvalue weighted by Crippen LogP contribution is -2.55. The fourth-order valence-corrected chi connectivity index (χ4v) is 1.80. The van der Waals surface area contributed by atoms with E-state index in [9.17, 15) is 14.4 Å². The van der Waals surface area contributed by atoms with E-state index in [4.69, 9.17) is 9.84 Å². The highest BCUT2D eigenvalue weighted by atomic mass is 16.5. The number of nitrogens with one attached hydrogen (secondary N) is 1. The van der Waals surface area contributed by atoms with Crippen LogP contribution >= 0.6 is 0 Å². The van der Waals surface area contributed by atoms with Gasteiger partial charge in [0.05, 0.1) is 32.8 Å². The van der Waals surface area contributed by atoms with Crippen molar-refractivity contribution in [1.29, 1.82) is 0 Å². The number of carbonyl (C=O) groups is 3. The number of rotatable bonds is 4. The van der Waals surface area contributed by atoms with Crippen molar-refractivity contribution >= 4 is 18.0 Å². The fourth-order valence-electron chi connectivity index (χ4n) is 1.80. The van der Waals surface area contributed by atoms with Gasteiger partial charge < -0.3 is 24.8 Å². The molecule has 0 radical (unpaired) electrons. The number of hydrogen-bond donors (Lipinski definition) is 2. The Hall–Kier alpha value is -1.83. The third kappa shape index (κ3) is 4.40. The van der Waals surface area contributed by atoms with Crippen LogP contribution in [-0.4, -0.2) is 66.9 Å². The molecular formula is C11H18N2O6. The van der Waals surface area contributed by atoms with Gasteiger partial charge in [0.2, 0.25) is 0 Å². The van der Waals surface area contributed by atoms with Crippen molar-refractivity contribution in [2.75, 3.05) is 26.9 Å². The molecule has 2 N–H and O–H groups in total. The van der Waals surface area contributed by atoms with Crippen LogP contribution in [0, 0.1) is 0 Å². The van der Waals surface area contributed by atoms with E-state index in [2.05, 4.69) is 10.1 Å². The SMILES string of the molecule is COC(=O)C(C)NC(=O)N1CCOCC1CC(=O)O. The molecule has 0 aromatic heterocycles. The Balaban J connectivity index is 2.61. The number of carbonyl (C=O) groups excluding carboxylic acids is 2. The molecule has 1 aliphatic heterocycles. The number of methoxy groups -OCH3 is 1. The molecule has 0 aromatic carbocycles. The smallest absolute Gasteiger partial charge is 0.328 e. The van der Waals surface area contributed by atoms with Gasteiger partial charge in [0.15, 0.2) is 0 Å². The van der Waals surface area contributed by atoms with Crippen LogP contribution < -0.4 is 5.32 Å². The average Bonchev–Trinajstić information content (AvgIpc) is 2.37. The Morgan fingerprint density at radius 1 is 1.53 bits per heavy atom. The average molecular weight is 274 g/mol. The number of ether oxygens (including phenoxy) is 2. The number of urea groups is 1. The topological polar surface area (TPSA) is 105 Å². The summed E-state index contributed by atoms with van der Waals surface area (Å²) >= 11 is 0. The number of carboxylic acids is 1. The predicted octanol–water partition coefficient (Wildman–Crippen LogP) is -0.567. The lowest BCUT2D eigenvalue weighted by molar-refractivity contribution is -0.143. The highest BCUT2D eigenvalue weighted by molar-refractivity contribution is 5.83. The van der Waals surface area contributed by atoms with Crippen LogP contribution in [0.1, 0.15) is 13.3 Å². The number of carboxylic acid groups (broad SMARTS) is 1. The maximum Gasteiger partial charge on any atom is 0.328 e. The summed E-state index contributed by atoms with van der Waals surface area (Å²) in [6.45, 7) is 2.30. The molecule has 0 spiro atoms. The first-order valence-corrected chi connectivity index (χ1v) is 5.90.